The van der Waals surface area contributed by atoms with Crippen molar-refractivity contribution in [3.05, 3.63) is 0 Å². The van der Waals surface area contributed by atoms with Crippen LogP contribution < -0.4 is 0 Å². The van der Waals surface area contributed by atoms with Gasteiger partial charge in [0.2, 0.25) is 0 Å². The second-order valence-electron chi connectivity index (χ2n) is 3.42. The van der Waals surface area contributed by atoms with Crippen molar-refractivity contribution in [1.82, 2.24) is 5.01 Å². The van der Waals surface area contributed by atoms with Crippen LogP contribution >= 0.6 is 0 Å². The summed E-state index contributed by atoms with van der Waals surface area (Å²) < 4.78 is 5.55. The summed E-state index contributed by atoms with van der Waals surface area (Å²) in [6, 6.07) is 0.419. The lowest BCUT2D eigenvalue weighted by molar-refractivity contribution is -0.00367. The molecule has 4 nitrogen and oxygen atoms in total. The van der Waals surface area contributed by atoms with E-state index in [9.17, 15) is 0 Å². The van der Waals surface area contributed by atoms with Crippen LogP contribution in [0.25, 0.3) is 0 Å². The molecule has 1 saturated heterocycles. The summed E-state index contributed by atoms with van der Waals surface area (Å²) in [5.41, 5.74) is 0. The van der Waals surface area contributed by atoms with Crippen LogP contribution in [0.5, 0.6) is 0 Å². The fraction of sp³-hybridized carbons (Fsp3) is 1.00. The molecule has 0 amide bonds. The molecule has 2 heterocycles. The van der Waals surface area contributed by atoms with Crippen molar-refractivity contribution >= 4 is 0 Å². The van der Waals surface area contributed by atoms with Crippen molar-refractivity contribution in [1.29, 1.82) is 0 Å². The Bertz CT molecular complexity index is 181. The van der Waals surface area contributed by atoms with E-state index in [4.69, 9.17) is 4.74 Å². The average molecular weight is 155 g/mol. The molecule has 0 aromatic carbocycles. The number of ether oxygens (including phenoxy) is 1. The van der Waals surface area contributed by atoms with E-state index in [1.807, 2.05) is 5.01 Å². The Morgan fingerprint density at radius 2 is 2.36 bits per heavy atom. The highest BCUT2D eigenvalue weighted by molar-refractivity contribution is 4.83. The van der Waals surface area contributed by atoms with Gasteiger partial charge in [0.05, 0.1) is 19.2 Å². The summed E-state index contributed by atoms with van der Waals surface area (Å²) in [5.74, 6) is 0.497. The van der Waals surface area contributed by atoms with Gasteiger partial charge in [-0.05, 0) is 5.92 Å². The van der Waals surface area contributed by atoms with Crippen molar-refractivity contribution < 1.29 is 4.74 Å². The molecule has 2 rings (SSSR count). The smallest absolute Gasteiger partial charge is 0.150 e. The maximum Gasteiger partial charge on any atom is 0.150 e. The lowest BCUT2D eigenvalue weighted by Crippen LogP contribution is -2.33. The fourth-order valence-electron chi connectivity index (χ4n) is 1.53. The zero-order valence-electron chi connectivity index (χ0n) is 6.90. The maximum absolute atomic E-state index is 5.55. The third-order valence-electron chi connectivity index (χ3n) is 2.12. The van der Waals surface area contributed by atoms with Crippen LogP contribution in [0, 0.1) is 5.92 Å². The van der Waals surface area contributed by atoms with Gasteiger partial charge in [0.15, 0.2) is 0 Å². The van der Waals surface area contributed by atoms with Crippen LogP contribution in [-0.2, 0) is 4.74 Å². The summed E-state index contributed by atoms with van der Waals surface area (Å²) in [5, 5.41) is 10.00. The summed E-state index contributed by atoms with van der Waals surface area (Å²) in [6.07, 6.45) is 0.159. The van der Waals surface area contributed by atoms with E-state index in [0.717, 1.165) is 13.2 Å². The van der Waals surface area contributed by atoms with Gasteiger partial charge >= 0.3 is 0 Å². The molecule has 2 aliphatic rings. The molecule has 62 valence electrons. The standard InChI is InChI=1S/C7H13N3O/c1-5(2)7-10-6(4-11-7)3-8-9-10/h5-7H,3-4H2,1-2H3/t6-,7+/m1/s1. The Morgan fingerprint density at radius 3 is 3.09 bits per heavy atom. The quantitative estimate of drug-likeness (QED) is 0.567. The van der Waals surface area contributed by atoms with Crippen molar-refractivity contribution in [2.75, 3.05) is 13.2 Å². The van der Waals surface area contributed by atoms with E-state index in [2.05, 4.69) is 24.2 Å². The number of hydrogen-bond donors (Lipinski definition) is 0. The molecule has 2 atom stereocenters. The van der Waals surface area contributed by atoms with Crippen molar-refractivity contribution in [2.45, 2.75) is 26.1 Å². The van der Waals surface area contributed by atoms with Crippen LogP contribution in [0.4, 0.5) is 0 Å². The molecule has 0 aromatic heterocycles. The molecule has 0 bridgehead atoms. The maximum atomic E-state index is 5.55. The van der Waals surface area contributed by atoms with E-state index in [-0.39, 0.29) is 6.23 Å². The first-order chi connectivity index (χ1) is 5.29. The molecule has 0 radical (unpaired) electrons. The van der Waals surface area contributed by atoms with Gasteiger partial charge < -0.3 is 4.74 Å². The average Bonchev–Trinajstić information content (AvgIpc) is 2.41. The van der Waals surface area contributed by atoms with Crippen LogP contribution in [0.2, 0.25) is 0 Å². The summed E-state index contributed by atoms with van der Waals surface area (Å²) >= 11 is 0. The van der Waals surface area contributed by atoms with Gasteiger partial charge in [-0.3, -0.25) is 0 Å². The van der Waals surface area contributed by atoms with Gasteiger partial charge in [0, 0.05) is 0 Å². The predicted molar refractivity (Wildman–Crippen MR) is 39.9 cm³/mol. The molecule has 1 fully saturated rings. The summed E-state index contributed by atoms with van der Waals surface area (Å²) in [6.45, 7) is 5.88. The van der Waals surface area contributed by atoms with Gasteiger partial charge in [-0.25, -0.2) is 5.01 Å². The van der Waals surface area contributed by atoms with Crippen LogP contribution in [0.3, 0.4) is 0 Å². The topological polar surface area (TPSA) is 37.2 Å². The largest absolute Gasteiger partial charge is 0.354 e. The van der Waals surface area contributed by atoms with Crippen LogP contribution in [-0.4, -0.2) is 30.4 Å². The van der Waals surface area contributed by atoms with Crippen molar-refractivity contribution in [3.8, 4) is 0 Å². The Morgan fingerprint density at radius 1 is 1.55 bits per heavy atom. The first-order valence-electron chi connectivity index (χ1n) is 4.06. The molecule has 4 heteroatoms. The van der Waals surface area contributed by atoms with E-state index in [1.54, 1.807) is 0 Å². The van der Waals surface area contributed by atoms with Gasteiger partial charge in [-0.15, -0.1) is 0 Å². The van der Waals surface area contributed by atoms with E-state index < -0.39 is 0 Å². The molecule has 0 aliphatic carbocycles. The minimum atomic E-state index is 0.159. The van der Waals surface area contributed by atoms with Gasteiger partial charge in [0.25, 0.3) is 0 Å². The SMILES string of the molecule is CC(C)[C@@H]1OC[C@H]2CN=NN21. The Balaban J connectivity index is 2.08. The van der Waals surface area contributed by atoms with Gasteiger partial charge in [-0.1, -0.05) is 19.1 Å². The summed E-state index contributed by atoms with van der Waals surface area (Å²) in [4.78, 5) is 0. The van der Waals surface area contributed by atoms with Crippen molar-refractivity contribution in [3.63, 3.8) is 0 Å². The van der Waals surface area contributed by atoms with Crippen molar-refractivity contribution in [2.24, 2.45) is 16.3 Å². The highest BCUT2D eigenvalue weighted by Gasteiger charge is 2.38. The molecule has 11 heavy (non-hydrogen) atoms. The molecule has 0 spiro atoms. The summed E-state index contributed by atoms with van der Waals surface area (Å²) in [7, 11) is 0. The normalized spacial score (nSPS) is 35.4. The lowest BCUT2D eigenvalue weighted by Gasteiger charge is -2.21. The Labute approximate surface area is 66.2 Å². The molecule has 0 unspecified atom stereocenters. The molecule has 0 saturated carbocycles. The monoisotopic (exact) mass is 155 g/mol. The van der Waals surface area contributed by atoms with Gasteiger partial charge in [0.1, 0.15) is 6.23 Å². The Kier molecular flexibility index (Phi) is 1.56. The zero-order valence-corrected chi connectivity index (χ0v) is 6.90. The highest BCUT2D eigenvalue weighted by Crippen LogP contribution is 2.26. The predicted octanol–water partition coefficient (Wildman–Crippen LogP) is 1.05. The first-order valence-corrected chi connectivity index (χ1v) is 4.06. The molecule has 0 aromatic rings. The second-order valence-corrected chi connectivity index (χ2v) is 3.42. The van der Waals surface area contributed by atoms with Crippen LogP contribution in [0.15, 0.2) is 10.3 Å². The third-order valence-corrected chi connectivity index (χ3v) is 2.12. The molecular weight excluding hydrogens is 142 g/mol. The first kappa shape index (κ1) is 7.03. The van der Waals surface area contributed by atoms with Crippen LogP contribution in [0.1, 0.15) is 13.8 Å². The lowest BCUT2D eigenvalue weighted by atomic mass is 10.2. The van der Waals surface area contributed by atoms with E-state index in [1.165, 1.54) is 0 Å². The fourth-order valence-corrected chi connectivity index (χ4v) is 1.53. The van der Waals surface area contributed by atoms with E-state index in [0.29, 0.717) is 12.0 Å². The molecule has 0 N–H and O–H groups in total. The molecule has 2 aliphatic heterocycles. The van der Waals surface area contributed by atoms with E-state index >= 15 is 0 Å². The number of rotatable bonds is 1. The minimum Gasteiger partial charge on any atom is -0.354 e. The number of nitrogens with zero attached hydrogens (tertiary/aromatic N) is 3. The highest BCUT2D eigenvalue weighted by atomic mass is 16.5. The second kappa shape index (κ2) is 2.44. The number of fused-ring (bicyclic) bond motifs is 1. The van der Waals surface area contributed by atoms with Gasteiger partial charge in [-0.2, -0.15) is 5.11 Å². The zero-order chi connectivity index (χ0) is 7.84. The Hall–Kier alpha value is -0.640. The third kappa shape index (κ3) is 1.01. The minimum absolute atomic E-state index is 0.159. The molecular formula is C7H13N3O. The number of hydrogen-bond acceptors (Lipinski definition) is 4.